The number of aromatic nitrogens is 1. The van der Waals surface area contributed by atoms with E-state index in [4.69, 9.17) is 0 Å². The highest BCUT2D eigenvalue weighted by atomic mass is 16.3. The molecule has 1 atom stereocenters. The molecule has 0 radical (unpaired) electrons. The van der Waals surface area contributed by atoms with Crippen molar-refractivity contribution in [1.82, 2.24) is 4.98 Å². The molecule has 0 bridgehead atoms. The van der Waals surface area contributed by atoms with E-state index in [2.05, 4.69) is 4.98 Å². The fraction of sp³-hybridized carbons (Fsp3) is 0.267. The van der Waals surface area contributed by atoms with E-state index in [9.17, 15) is 5.11 Å². The highest BCUT2D eigenvalue weighted by Crippen LogP contribution is 2.24. The number of aryl methyl sites for hydroxylation is 1. The number of benzene rings is 1. The van der Waals surface area contributed by atoms with Gasteiger partial charge in [-0.25, -0.2) is 0 Å². The van der Waals surface area contributed by atoms with Crippen LogP contribution in [0.25, 0.3) is 0 Å². The maximum absolute atomic E-state index is 10.5. The summed E-state index contributed by atoms with van der Waals surface area (Å²) in [4.78, 5) is 4.25. The quantitative estimate of drug-likeness (QED) is 0.874. The standard InChI is InChI=1S/C15H17NO/c1-12-6-8-13(9-7-12)15(2,17)11-14-5-3-4-10-16-14/h3-10,17H,11H2,1-2H3/t15-/m1/s1. The van der Waals surface area contributed by atoms with Crippen LogP contribution in [-0.4, -0.2) is 10.1 Å². The maximum Gasteiger partial charge on any atom is 0.0923 e. The van der Waals surface area contributed by atoms with Crippen molar-refractivity contribution >= 4 is 0 Å². The minimum absolute atomic E-state index is 0.525. The van der Waals surface area contributed by atoms with Crippen LogP contribution in [0.4, 0.5) is 0 Å². The summed E-state index contributed by atoms with van der Waals surface area (Å²) in [6, 6.07) is 13.7. The SMILES string of the molecule is Cc1ccc([C@](C)(O)Cc2ccccn2)cc1. The summed E-state index contributed by atoms with van der Waals surface area (Å²) in [6.45, 7) is 3.86. The molecule has 0 aliphatic rings. The molecule has 2 rings (SSSR count). The number of hydrogen-bond donors (Lipinski definition) is 1. The third-order valence-corrected chi connectivity index (χ3v) is 2.92. The first-order chi connectivity index (χ1) is 8.08. The molecule has 0 amide bonds. The van der Waals surface area contributed by atoms with Crippen LogP contribution in [0.1, 0.15) is 23.7 Å². The van der Waals surface area contributed by atoms with Crippen LogP contribution >= 0.6 is 0 Å². The monoisotopic (exact) mass is 227 g/mol. The second kappa shape index (κ2) is 4.68. The zero-order valence-electron chi connectivity index (χ0n) is 10.2. The van der Waals surface area contributed by atoms with Crippen molar-refractivity contribution in [2.24, 2.45) is 0 Å². The van der Waals surface area contributed by atoms with Gasteiger partial charge in [-0.05, 0) is 31.5 Å². The zero-order valence-corrected chi connectivity index (χ0v) is 10.2. The Morgan fingerprint density at radius 1 is 1.12 bits per heavy atom. The Kier molecular flexibility index (Phi) is 3.25. The third-order valence-electron chi connectivity index (χ3n) is 2.92. The molecule has 1 aromatic carbocycles. The van der Waals surface area contributed by atoms with Crippen LogP contribution in [-0.2, 0) is 12.0 Å². The average molecular weight is 227 g/mol. The van der Waals surface area contributed by atoms with Gasteiger partial charge in [0.05, 0.1) is 5.60 Å². The van der Waals surface area contributed by atoms with Crippen molar-refractivity contribution in [3.63, 3.8) is 0 Å². The first kappa shape index (κ1) is 11.8. The Labute approximate surface area is 102 Å². The van der Waals surface area contributed by atoms with Crippen molar-refractivity contribution < 1.29 is 5.11 Å². The molecule has 0 unspecified atom stereocenters. The molecule has 1 heterocycles. The van der Waals surface area contributed by atoms with Gasteiger partial charge < -0.3 is 5.11 Å². The largest absolute Gasteiger partial charge is 0.385 e. The minimum atomic E-state index is -0.873. The van der Waals surface area contributed by atoms with Gasteiger partial charge in [0.1, 0.15) is 0 Å². The lowest BCUT2D eigenvalue weighted by atomic mass is 9.90. The fourth-order valence-electron chi connectivity index (χ4n) is 1.87. The van der Waals surface area contributed by atoms with E-state index in [1.165, 1.54) is 5.56 Å². The molecule has 0 fully saturated rings. The Morgan fingerprint density at radius 2 is 1.82 bits per heavy atom. The molecule has 2 nitrogen and oxygen atoms in total. The summed E-state index contributed by atoms with van der Waals surface area (Å²) in [7, 11) is 0. The Bertz CT molecular complexity index is 474. The summed E-state index contributed by atoms with van der Waals surface area (Å²) in [5.74, 6) is 0. The molecule has 1 aromatic heterocycles. The second-order valence-electron chi connectivity index (χ2n) is 4.64. The molecule has 17 heavy (non-hydrogen) atoms. The average Bonchev–Trinajstić information content (AvgIpc) is 2.30. The molecular weight excluding hydrogens is 210 g/mol. The minimum Gasteiger partial charge on any atom is -0.385 e. The lowest BCUT2D eigenvalue weighted by Gasteiger charge is -2.23. The zero-order chi connectivity index (χ0) is 12.3. The van der Waals surface area contributed by atoms with Crippen LogP contribution in [0, 0.1) is 6.92 Å². The van der Waals surface area contributed by atoms with Crippen molar-refractivity contribution in [3.8, 4) is 0 Å². The topological polar surface area (TPSA) is 33.1 Å². The number of aliphatic hydroxyl groups is 1. The van der Waals surface area contributed by atoms with Gasteiger partial charge >= 0.3 is 0 Å². The van der Waals surface area contributed by atoms with Gasteiger partial charge in [0.2, 0.25) is 0 Å². The lowest BCUT2D eigenvalue weighted by Crippen LogP contribution is -2.24. The normalized spacial score (nSPS) is 14.3. The Balaban J connectivity index is 2.21. The highest BCUT2D eigenvalue weighted by molar-refractivity contribution is 5.27. The molecule has 0 aliphatic heterocycles. The van der Waals surface area contributed by atoms with Gasteiger partial charge in [0.15, 0.2) is 0 Å². The molecule has 88 valence electrons. The van der Waals surface area contributed by atoms with Gasteiger partial charge in [-0.1, -0.05) is 35.9 Å². The molecule has 0 saturated heterocycles. The van der Waals surface area contributed by atoms with Crippen LogP contribution in [0.5, 0.6) is 0 Å². The predicted octanol–water partition coefficient (Wildman–Crippen LogP) is 2.84. The van der Waals surface area contributed by atoms with Crippen molar-refractivity contribution in [2.45, 2.75) is 25.9 Å². The molecule has 0 saturated carbocycles. The molecule has 2 aromatic rings. The third kappa shape index (κ3) is 2.92. The van der Waals surface area contributed by atoms with Gasteiger partial charge in [-0.15, -0.1) is 0 Å². The van der Waals surface area contributed by atoms with Crippen LogP contribution in [0.2, 0.25) is 0 Å². The molecule has 2 heteroatoms. The van der Waals surface area contributed by atoms with Crippen molar-refractivity contribution in [3.05, 3.63) is 65.5 Å². The number of hydrogen-bond acceptors (Lipinski definition) is 2. The Hall–Kier alpha value is -1.67. The number of nitrogens with zero attached hydrogens (tertiary/aromatic N) is 1. The molecule has 0 aliphatic carbocycles. The molecule has 1 N–H and O–H groups in total. The first-order valence-corrected chi connectivity index (χ1v) is 5.77. The van der Waals surface area contributed by atoms with Gasteiger partial charge in [-0.3, -0.25) is 4.98 Å². The highest BCUT2D eigenvalue weighted by Gasteiger charge is 2.23. The van der Waals surface area contributed by atoms with E-state index in [0.29, 0.717) is 6.42 Å². The molecule has 0 spiro atoms. The van der Waals surface area contributed by atoms with E-state index in [1.54, 1.807) is 6.20 Å². The maximum atomic E-state index is 10.5. The fourth-order valence-corrected chi connectivity index (χ4v) is 1.87. The second-order valence-corrected chi connectivity index (χ2v) is 4.64. The van der Waals surface area contributed by atoms with E-state index in [0.717, 1.165) is 11.3 Å². The van der Waals surface area contributed by atoms with Crippen LogP contribution < -0.4 is 0 Å². The number of rotatable bonds is 3. The van der Waals surface area contributed by atoms with Crippen molar-refractivity contribution in [2.75, 3.05) is 0 Å². The van der Waals surface area contributed by atoms with E-state index < -0.39 is 5.60 Å². The van der Waals surface area contributed by atoms with E-state index >= 15 is 0 Å². The van der Waals surface area contributed by atoms with Crippen molar-refractivity contribution in [1.29, 1.82) is 0 Å². The lowest BCUT2D eigenvalue weighted by molar-refractivity contribution is 0.0566. The number of pyridine rings is 1. The first-order valence-electron chi connectivity index (χ1n) is 5.77. The summed E-state index contributed by atoms with van der Waals surface area (Å²) in [6.07, 6.45) is 2.28. The summed E-state index contributed by atoms with van der Waals surface area (Å²) in [5.41, 5.74) is 2.15. The van der Waals surface area contributed by atoms with Crippen LogP contribution in [0.15, 0.2) is 48.7 Å². The Morgan fingerprint density at radius 3 is 2.41 bits per heavy atom. The smallest absolute Gasteiger partial charge is 0.0923 e. The molecular formula is C15H17NO. The van der Waals surface area contributed by atoms with Crippen LogP contribution in [0.3, 0.4) is 0 Å². The van der Waals surface area contributed by atoms with E-state index in [-0.39, 0.29) is 0 Å². The summed E-state index contributed by atoms with van der Waals surface area (Å²) >= 11 is 0. The van der Waals surface area contributed by atoms with Gasteiger partial charge in [-0.2, -0.15) is 0 Å². The van der Waals surface area contributed by atoms with Gasteiger partial charge in [0, 0.05) is 18.3 Å². The summed E-state index contributed by atoms with van der Waals surface area (Å²) < 4.78 is 0. The predicted molar refractivity (Wildman–Crippen MR) is 68.7 cm³/mol. The van der Waals surface area contributed by atoms with E-state index in [1.807, 2.05) is 56.3 Å². The van der Waals surface area contributed by atoms with Gasteiger partial charge in [0.25, 0.3) is 0 Å². The summed E-state index contributed by atoms with van der Waals surface area (Å²) in [5, 5.41) is 10.5.